The summed E-state index contributed by atoms with van der Waals surface area (Å²) >= 11 is 0. The first-order valence-corrected chi connectivity index (χ1v) is 7.66. The quantitative estimate of drug-likeness (QED) is 0.821. The summed E-state index contributed by atoms with van der Waals surface area (Å²) in [6.45, 7) is 5.35. The van der Waals surface area contributed by atoms with Crippen LogP contribution in [-0.2, 0) is 12.8 Å². The Balaban J connectivity index is 2.04. The molecule has 0 aliphatic rings. The van der Waals surface area contributed by atoms with Crippen molar-refractivity contribution in [3.05, 3.63) is 59.3 Å². The zero-order valence-corrected chi connectivity index (χ0v) is 13.0. The molecule has 0 radical (unpaired) electrons. The van der Waals surface area contributed by atoms with Crippen LogP contribution in [0.4, 0.5) is 5.82 Å². The molecule has 21 heavy (non-hydrogen) atoms. The van der Waals surface area contributed by atoms with Gasteiger partial charge in [-0.25, -0.2) is 4.98 Å². The van der Waals surface area contributed by atoms with Gasteiger partial charge in [-0.15, -0.1) is 0 Å². The third-order valence-corrected chi connectivity index (χ3v) is 3.61. The first-order chi connectivity index (χ1) is 10.2. The summed E-state index contributed by atoms with van der Waals surface area (Å²) in [6, 6.07) is 13.2. The molecule has 3 nitrogen and oxygen atoms in total. The molecule has 1 heterocycles. The Bertz CT molecular complexity index is 549. The number of nitrogens with zero attached hydrogens (tertiary/aromatic N) is 1. The lowest BCUT2D eigenvalue weighted by atomic mass is 9.98. The van der Waals surface area contributed by atoms with Crippen LogP contribution in [0.1, 0.15) is 30.0 Å². The Kier molecular flexibility index (Phi) is 5.76. The lowest BCUT2D eigenvalue weighted by Gasteiger charge is -2.19. The highest BCUT2D eigenvalue weighted by Crippen LogP contribution is 2.12. The summed E-state index contributed by atoms with van der Waals surface area (Å²) in [7, 11) is 0. The number of hydrogen-bond acceptors (Lipinski definition) is 3. The van der Waals surface area contributed by atoms with Crippen molar-refractivity contribution >= 4 is 5.82 Å². The number of aryl methyl sites for hydroxylation is 1. The monoisotopic (exact) mass is 283 g/mol. The van der Waals surface area contributed by atoms with E-state index in [4.69, 9.17) is 5.73 Å². The zero-order valence-electron chi connectivity index (χ0n) is 13.0. The molecule has 1 atom stereocenters. The van der Waals surface area contributed by atoms with Gasteiger partial charge in [0, 0.05) is 12.2 Å². The normalized spacial score (nSPS) is 12.3. The van der Waals surface area contributed by atoms with E-state index in [0.717, 1.165) is 25.8 Å². The minimum atomic E-state index is 0.425. The highest BCUT2D eigenvalue weighted by atomic mass is 14.9. The second kappa shape index (κ2) is 7.79. The van der Waals surface area contributed by atoms with Gasteiger partial charge in [-0.1, -0.05) is 36.8 Å². The van der Waals surface area contributed by atoms with E-state index < -0.39 is 0 Å². The standard InChI is InChI=1S/C18H25N3/c1-3-9-20-17(11-15-6-4-14(2)5-7-15)12-16-8-10-21-18(19)13-16/h4-8,10,13,17,20H,3,9,11-12H2,1-2H3,(H2,19,21). The molecule has 1 aromatic carbocycles. The van der Waals surface area contributed by atoms with E-state index in [2.05, 4.69) is 48.4 Å². The van der Waals surface area contributed by atoms with Crippen LogP contribution in [0.15, 0.2) is 42.6 Å². The van der Waals surface area contributed by atoms with Crippen molar-refractivity contribution in [3.63, 3.8) is 0 Å². The molecule has 0 saturated heterocycles. The summed E-state index contributed by atoms with van der Waals surface area (Å²) in [5.74, 6) is 0.595. The van der Waals surface area contributed by atoms with E-state index in [1.54, 1.807) is 6.20 Å². The summed E-state index contributed by atoms with van der Waals surface area (Å²) in [6.07, 6.45) is 4.93. The van der Waals surface area contributed by atoms with Crippen molar-refractivity contribution in [1.82, 2.24) is 10.3 Å². The predicted molar refractivity (Wildman–Crippen MR) is 89.3 cm³/mol. The lowest BCUT2D eigenvalue weighted by molar-refractivity contribution is 0.504. The first kappa shape index (κ1) is 15.5. The van der Waals surface area contributed by atoms with Crippen molar-refractivity contribution in [2.24, 2.45) is 0 Å². The summed E-state index contributed by atoms with van der Waals surface area (Å²) in [4.78, 5) is 4.06. The fraction of sp³-hybridized carbons (Fsp3) is 0.389. The second-order valence-electron chi connectivity index (χ2n) is 5.63. The fourth-order valence-electron chi connectivity index (χ4n) is 2.48. The summed E-state index contributed by atoms with van der Waals surface area (Å²) in [5, 5.41) is 3.64. The average Bonchev–Trinajstić information content (AvgIpc) is 2.47. The number of anilines is 1. The molecular weight excluding hydrogens is 258 g/mol. The van der Waals surface area contributed by atoms with Crippen LogP contribution in [0, 0.1) is 6.92 Å². The predicted octanol–water partition coefficient (Wildman–Crippen LogP) is 3.13. The smallest absolute Gasteiger partial charge is 0.123 e. The Morgan fingerprint density at radius 2 is 1.81 bits per heavy atom. The van der Waals surface area contributed by atoms with Crippen LogP contribution < -0.4 is 11.1 Å². The minimum absolute atomic E-state index is 0.425. The van der Waals surface area contributed by atoms with Crippen LogP contribution in [0.3, 0.4) is 0 Å². The van der Waals surface area contributed by atoms with Crippen molar-refractivity contribution in [3.8, 4) is 0 Å². The molecule has 112 valence electrons. The highest BCUT2D eigenvalue weighted by molar-refractivity contribution is 5.32. The maximum atomic E-state index is 5.77. The van der Waals surface area contributed by atoms with Gasteiger partial charge in [0.05, 0.1) is 0 Å². The minimum Gasteiger partial charge on any atom is -0.384 e. The molecule has 0 amide bonds. The number of aromatic nitrogens is 1. The Labute approximate surface area is 127 Å². The van der Waals surface area contributed by atoms with Crippen molar-refractivity contribution < 1.29 is 0 Å². The van der Waals surface area contributed by atoms with Gasteiger partial charge in [0.25, 0.3) is 0 Å². The molecule has 0 aliphatic carbocycles. The van der Waals surface area contributed by atoms with Crippen molar-refractivity contribution in [1.29, 1.82) is 0 Å². The molecule has 1 unspecified atom stereocenters. The maximum Gasteiger partial charge on any atom is 0.123 e. The molecule has 1 aromatic heterocycles. The topological polar surface area (TPSA) is 50.9 Å². The molecule has 0 fully saturated rings. The number of hydrogen-bond donors (Lipinski definition) is 2. The molecule has 3 N–H and O–H groups in total. The highest BCUT2D eigenvalue weighted by Gasteiger charge is 2.10. The van der Waals surface area contributed by atoms with Crippen LogP contribution >= 0.6 is 0 Å². The largest absolute Gasteiger partial charge is 0.384 e. The third-order valence-electron chi connectivity index (χ3n) is 3.61. The Morgan fingerprint density at radius 3 is 2.48 bits per heavy atom. The first-order valence-electron chi connectivity index (χ1n) is 7.66. The number of rotatable bonds is 7. The third kappa shape index (κ3) is 5.20. The van der Waals surface area contributed by atoms with Gasteiger partial charge in [0.2, 0.25) is 0 Å². The second-order valence-corrected chi connectivity index (χ2v) is 5.63. The van der Waals surface area contributed by atoms with Gasteiger partial charge in [0.1, 0.15) is 5.82 Å². The SMILES string of the molecule is CCCNC(Cc1ccc(C)cc1)Cc1ccnc(N)c1. The van der Waals surface area contributed by atoms with Gasteiger partial charge in [-0.2, -0.15) is 0 Å². The van der Waals surface area contributed by atoms with E-state index in [1.165, 1.54) is 16.7 Å². The molecular formula is C18H25N3. The van der Waals surface area contributed by atoms with E-state index in [0.29, 0.717) is 11.9 Å². The van der Waals surface area contributed by atoms with Gasteiger partial charge < -0.3 is 11.1 Å². The van der Waals surface area contributed by atoms with Gasteiger partial charge in [-0.3, -0.25) is 0 Å². The molecule has 0 bridgehead atoms. The van der Waals surface area contributed by atoms with E-state index in [-0.39, 0.29) is 0 Å². The van der Waals surface area contributed by atoms with Gasteiger partial charge in [-0.05, 0) is 56.0 Å². The average molecular weight is 283 g/mol. The van der Waals surface area contributed by atoms with Crippen LogP contribution in [0.2, 0.25) is 0 Å². The van der Waals surface area contributed by atoms with Crippen molar-refractivity contribution in [2.45, 2.75) is 39.2 Å². The van der Waals surface area contributed by atoms with Crippen molar-refractivity contribution in [2.75, 3.05) is 12.3 Å². The molecule has 0 spiro atoms. The van der Waals surface area contributed by atoms with Crippen LogP contribution in [0.25, 0.3) is 0 Å². The number of nitrogens with one attached hydrogen (secondary N) is 1. The van der Waals surface area contributed by atoms with E-state index in [9.17, 15) is 0 Å². The molecule has 0 saturated carbocycles. The van der Waals surface area contributed by atoms with Gasteiger partial charge in [0.15, 0.2) is 0 Å². The number of nitrogen functional groups attached to an aromatic ring is 1. The summed E-state index contributed by atoms with van der Waals surface area (Å²) < 4.78 is 0. The molecule has 2 aromatic rings. The number of nitrogens with two attached hydrogens (primary N) is 1. The lowest BCUT2D eigenvalue weighted by Crippen LogP contribution is -2.33. The fourth-order valence-corrected chi connectivity index (χ4v) is 2.48. The molecule has 3 heteroatoms. The molecule has 0 aliphatic heterocycles. The van der Waals surface area contributed by atoms with E-state index >= 15 is 0 Å². The van der Waals surface area contributed by atoms with Crippen LogP contribution in [-0.4, -0.2) is 17.6 Å². The Morgan fingerprint density at radius 1 is 1.10 bits per heavy atom. The number of benzene rings is 1. The summed E-state index contributed by atoms with van der Waals surface area (Å²) in [5.41, 5.74) is 9.69. The number of pyridine rings is 1. The Hall–Kier alpha value is -1.87. The zero-order chi connectivity index (χ0) is 15.1. The van der Waals surface area contributed by atoms with Gasteiger partial charge >= 0.3 is 0 Å². The van der Waals surface area contributed by atoms with Crippen LogP contribution in [0.5, 0.6) is 0 Å². The maximum absolute atomic E-state index is 5.77. The molecule has 2 rings (SSSR count). The van der Waals surface area contributed by atoms with E-state index in [1.807, 2.05) is 12.1 Å².